The molecule has 1 rings (SSSR count). The lowest BCUT2D eigenvalue weighted by molar-refractivity contribution is 0.503. The van der Waals surface area contributed by atoms with Crippen molar-refractivity contribution in [3.8, 4) is 0 Å². The van der Waals surface area contributed by atoms with Crippen LogP contribution in [0.4, 0.5) is 0 Å². The van der Waals surface area contributed by atoms with E-state index in [1.807, 2.05) is 17.8 Å². The van der Waals surface area contributed by atoms with Gasteiger partial charge in [-0.05, 0) is 13.0 Å². The molecule has 0 amide bonds. The lowest BCUT2D eigenvalue weighted by Gasteiger charge is -2.09. The molecule has 0 aromatic rings. The molecule has 0 aliphatic carbocycles. The van der Waals surface area contributed by atoms with E-state index in [-0.39, 0.29) is 0 Å². The van der Waals surface area contributed by atoms with Crippen LogP contribution in [0.25, 0.3) is 0 Å². The molecule has 0 radical (unpaired) electrons. The van der Waals surface area contributed by atoms with Crippen molar-refractivity contribution >= 4 is 11.8 Å². The molecule has 1 aliphatic heterocycles. The summed E-state index contributed by atoms with van der Waals surface area (Å²) in [7, 11) is 2.09. The number of rotatable bonds is 1. The molecule has 10 heavy (non-hydrogen) atoms. The number of hydrogen-bond acceptors (Lipinski definition) is 2. The van der Waals surface area contributed by atoms with E-state index in [0.717, 1.165) is 5.88 Å². The number of thioether (sulfide) groups is 1. The second kappa shape index (κ2) is 3.00. The maximum absolute atomic E-state index is 3.54. The summed E-state index contributed by atoms with van der Waals surface area (Å²) in [4.78, 5) is 3.51. The van der Waals surface area contributed by atoms with Crippen LogP contribution in [-0.2, 0) is 0 Å². The van der Waals surface area contributed by atoms with Crippen LogP contribution in [0.1, 0.15) is 6.92 Å². The number of nitrogens with zero attached hydrogens (tertiary/aromatic N) is 1. The fourth-order valence-corrected chi connectivity index (χ4v) is 1.85. The lowest BCUT2D eigenvalue weighted by Crippen LogP contribution is -2.09. The maximum Gasteiger partial charge on any atom is 0.0680 e. The highest BCUT2D eigenvalue weighted by Gasteiger charge is 2.12. The van der Waals surface area contributed by atoms with Crippen LogP contribution in [-0.4, -0.2) is 17.8 Å². The van der Waals surface area contributed by atoms with Gasteiger partial charge in [0.05, 0.1) is 5.88 Å². The largest absolute Gasteiger partial charge is 0.368 e. The third-order valence-corrected chi connectivity index (χ3v) is 2.82. The van der Waals surface area contributed by atoms with Crippen LogP contribution in [0.15, 0.2) is 29.0 Å². The maximum atomic E-state index is 3.54. The fraction of sp³-hybridized carbons (Fsp3) is 0.375. The fourth-order valence-electron chi connectivity index (χ4n) is 0.795. The summed E-state index contributed by atoms with van der Waals surface area (Å²) in [5, 5.41) is 0. The van der Waals surface area contributed by atoms with E-state index in [9.17, 15) is 0 Å². The van der Waals surface area contributed by atoms with Gasteiger partial charge < -0.3 is 4.90 Å². The monoisotopic (exact) mass is 153 g/mol. The van der Waals surface area contributed by atoms with Crippen molar-refractivity contribution < 1.29 is 0 Å². The molecule has 2 heteroatoms. The van der Waals surface area contributed by atoms with Gasteiger partial charge in [-0.25, -0.2) is 0 Å². The van der Waals surface area contributed by atoms with Crippen LogP contribution in [0.3, 0.4) is 0 Å². The minimum atomic E-state index is 1.05. The molecule has 1 heterocycles. The molecule has 0 aromatic heterocycles. The Bertz CT molecular complexity index is 211. The van der Waals surface area contributed by atoms with Gasteiger partial charge in [0.15, 0.2) is 0 Å². The summed E-state index contributed by atoms with van der Waals surface area (Å²) < 4.78 is 0. The first kappa shape index (κ1) is 7.52. The van der Waals surface area contributed by atoms with Crippen LogP contribution in [0, 0.1) is 0 Å². The molecule has 0 aromatic carbocycles. The van der Waals surface area contributed by atoms with E-state index in [0.29, 0.717) is 0 Å². The van der Waals surface area contributed by atoms with Crippen LogP contribution in [0.5, 0.6) is 0 Å². The van der Waals surface area contributed by atoms with Crippen molar-refractivity contribution in [2.24, 2.45) is 0 Å². The Morgan fingerprint density at radius 2 is 2.50 bits per heavy atom. The summed E-state index contributed by atoms with van der Waals surface area (Å²) in [6.07, 6.45) is 1.93. The zero-order chi connectivity index (χ0) is 7.56. The smallest absolute Gasteiger partial charge is 0.0680 e. The van der Waals surface area contributed by atoms with Crippen molar-refractivity contribution in [3.63, 3.8) is 0 Å². The third-order valence-electron chi connectivity index (χ3n) is 1.58. The second-order valence-corrected chi connectivity index (χ2v) is 3.26. The van der Waals surface area contributed by atoms with Crippen molar-refractivity contribution in [3.05, 3.63) is 29.0 Å². The Morgan fingerprint density at radius 3 is 2.90 bits per heavy atom. The van der Waals surface area contributed by atoms with E-state index in [1.54, 1.807) is 0 Å². The Labute approximate surface area is 66.1 Å². The van der Waals surface area contributed by atoms with Gasteiger partial charge in [-0.1, -0.05) is 6.58 Å². The molecular formula is C8H11NS. The van der Waals surface area contributed by atoms with Gasteiger partial charge >= 0.3 is 0 Å². The van der Waals surface area contributed by atoms with Crippen molar-refractivity contribution in [1.29, 1.82) is 0 Å². The van der Waals surface area contributed by atoms with Gasteiger partial charge in [0.1, 0.15) is 0 Å². The van der Waals surface area contributed by atoms with Gasteiger partial charge in [0.25, 0.3) is 0 Å². The quantitative estimate of drug-likeness (QED) is 0.531. The molecular weight excluding hydrogens is 142 g/mol. The standard InChI is InChI=1S/C8H11NS/c1-4-5-8-7(2)9(3)6-10-8/h5H,1,6H2,2-3H3. The molecule has 0 atom stereocenters. The molecule has 0 bridgehead atoms. The lowest BCUT2D eigenvalue weighted by atomic mass is 10.4. The van der Waals surface area contributed by atoms with Crippen molar-refractivity contribution in [2.75, 3.05) is 12.9 Å². The van der Waals surface area contributed by atoms with Crippen LogP contribution >= 0.6 is 11.8 Å². The molecule has 0 unspecified atom stereocenters. The Balaban J connectivity index is 2.84. The highest BCUT2D eigenvalue weighted by atomic mass is 32.2. The molecule has 0 saturated carbocycles. The topological polar surface area (TPSA) is 3.24 Å². The molecule has 0 spiro atoms. The van der Waals surface area contributed by atoms with E-state index in [1.165, 1.54) is 10.6 Å². The zero-order valence-electron chi connectivity index (χ0n) is 6.35. The Hall–Kier alpha value is -0.590. The van der Waals surface area contributed by atoms with Gasteiger partial charge in [0.2, 0.25) is 0 Å². The SMILES string of the molecule is C=C=CC1=C(C)N(C)CS1. The Kier molecular flexibility index (Phi) is 2.25. The van der Waals surface area contributed by atoms with Gasteiger partial charge in [-0.3, -0.25) is 0 Å². The molecule has 0 N–H and O–H groups in total. The summed E-state index contributed by atoms with van der Waals surface area (Å²) >= 11 is 1.83. The summed E-state index contributed by atoms with van der Waals surface area (Å²) in [5.41, 5.74) is 4.10. The Morgan fingerprint density at radius 1 is 1.80 bits per heavy atom. The number of allylic oxidation sites excluding steroid dienone is 2. The minimum Gasteiger partial charge on any atom is -0.368 e. The summed E-state index contributed by atoms with van der Waals surface area (Å²) in [6, 6.07) is 0. The molecule has 1 nitrogen and oxygen atoms in total. The summed E-state index contributed by atoms with van der Waals surface area (Å²) in [6.45, 7) is 5.65. The molecule has 1 aliphatic rings. The zero-order valence-corrected chi connectivity index (χ0v) is 7.16. The van der Waals surface area contributed by atoms with Crippen LogP contribution < -0.4 is 0 Å². The molecule has 54 valence electrons. The van der Waals surface area contributed by atoms with E-state index in [4.69, 9.17) is 0 Å². The first-order valence-corrected chi connectivity index (χ1v) is 4.15. The second-order valence-electron chi connectivity index (χ2n) is 2.27. The van der Waals surface area contributed by atoms with Crippen molar-refractivity contribution in [2.45, 2.75) is 6.92 Å². The number of hydrogen-bond donors (Lipinski definition) is 0. The molecule has 0 fully saturated rings. The summed E-state index contributed by atoms with van der Waals surface area (Å²) in [5.74, 6) is 1.05. The average molecular weight is 153 g/mol. The highest BCUT2D eigenvalue weighted by Crippen LogP contribution is 2.30. The average Bonchev–Trinajstić information content (AvgIpc) is 2.20. The predicted molar refractivity (Wildman–Crippen MR) is 46.6 cm³/mol. The predicted octanol–water partition coefficient (Wildman–Crippen LogP) is 2.20. The van der Waals surface area contributed by atoms with E-state index < -0.39 is 0 Å². The van der Waals surface area contributed by atoms with Gasteiger partial charge in [0, 0.05) is 17.6 Å². The van der Waals surface area contributed by atoms with Crippen molar-refractivity contribution in [1.82, 2.24) is 4.90 Å². The third kappa shape index (κ3) is 1.28. The normalized spacial score (nSPS) is 17.6. The van der Waals surface area contributed by atoms with Gasteiger partial charge in [-0.2, -0.15) is 0 Å². The highest BCUT2D eigenvalue weighted by molar-refractivity contribution is 8.03. The minimum absolute atomic E-state index is 1.05. The van der Waals surface area contributed by atoms with E-state index in [2.05, 4.69) is 31.2 Å². The first-order chi connectivity index (χ1) is 4.75. The van der Waals surface area contributed by atoms with Crippen LogP contribution in [0.2, 0.25) is 0 Å². The first-order valence-electron chi connectivity index (χ1n) is 3.16. The van der Waals surface area contributed by atoms with E-state index >= 15 is 0 Å². The van der Waals surface area contributed by atoms with Gasteiger partial charge in [-0.15, -0.1) is 17.5 Å². The molecule has 0 saturated heterocycles.